The third-order valence-electron chi connectivity index (χ3n) is 4.01. The summed E-state index contributed by atoms with van der Waals surface area (Å²) in [5.74, 6) is -1.51. The highest BCUT2D eigenvalue weighted by Crippen LogP contribution is 2.35. The van der Waals surface area contributed by atoms with E-state index >= 15 is 0 Å². The smallest absolute Gasteiger partial charge is 0.187 e. The van der Waals surface area contributed by atoms with Crippen molar-refractivity contribution < 1.29 is 13.0 Å². The minimum atomic E-state index is -1.56. The highest BCUT2D eigenvalue weighted by Gasteiger charge is 2.31. The van der Waals surface area contributed by atoms with Gasteiger partial charge in [-0.25, -0.2) is 23.0 Å². The van der Waals surface area contributed by atoms with Gasteiger partial charge in [-0.3, -0.25) is 5.14 Å². The van der Waals surface area contributed by atoms with Gasteiger partial charge in [-0.15, -0.1) is 0 Å². The zero-order valence-electron chi connectivity index (χ0n) is 14.6. The second-order valence-electron chi connectivity index (χ2n) is 6.53. The first-order valence-corrected chi connectivity index (χ1v) is 11.0. The Morgan fingerprint density at radius 2 is 1.92 bits per heavy atom. The Bertz CT molecular complexity index is 800. The Morgan fingerprint density at radius 3 is 2.46 bits per heavy atom. The zero-order valence-corrected chi connectivity index (χ0v) is 17.9. The molecule has 9 heteroatoms. The van der Waals surface area contributed by atoms with Gasteiger partial charge in [0.2, 0.25) is 0 Å². The van der Waals surface area contributed by atoms with Crippen LogP contribution in [0.2, 0.25) is 0 Å². The highest BCUT2D eigenvalue weighted by atomic mass is 79.9. The average Bonchev–Trinajstić information content (AvgIpc) is 2.53. The van der Waals surface area contributed by atoms with Crippen LogP contribution in [0, 0.1) is 11.6 Å². The normalized spacial score (nSPS) is 14.3. The molecule has 0 saturated heterocycles. The lowest BCUT2D eigenvalue weighted by Gasteiger charge is -2.28. The molecule has 0 fully saturated rings. The van der Waals surface area contributed by atoms with Crippen molar-refractivity contribution >= 4 is 38.7 Å². The summed E-state index contributed by atoms with van der Waals surface area (Å²) in [5.41, 5.74) is 1.20. The highest BCUT2D eigenvalue weighted by molar-refractivity contribution is 9.10. The van der Waals surface area contributed by atoms with E-state index in [1.165, 1.54) is 23.9 Å². The summed E-state index contributed by atoms with van der Waals surface area (Å²) in [5, 5.41) is 6.22. The number of aromatic nitrogens is 2. The maximum atomic E-state index is 13.6. The predicted octanol–water partition coefficient (Wildman–Crippen LogP) is 4.36. The Labute approximate surface area is 167 Å². The lowest BCUT2D eigenvalue weighted by molar-refractivity contribution is 0.498. The Balaban J connectivity index is 2.46. The molecule has 4 nitrogen and oxygen atoms in total. The molecule has 142 valence electrons. The van der Waals surface area contributed by atoms with Gasteiger partial charge in [-0.2, -0.15) is 0 Å². The summed E-state index contributed by atoms with van der Waals surface area (Å²) in [6.07, 6.45) is 4.28. The number of hydrogen-bond acceptors (Lipinski definition) is 4. The van der Waals surface area contributed by atoms with Gasteiger partial charge in [0.1, 0.15) is 11.6 Å². The van der Waals surface area contributed by atoms with E-state index in [1.807, 2.05) is 6.26 Å². The minimum Gasteiger partial charge on any atom is -0.251 e. The molecule has 2 aromatic rings. The number of nitrogens with zero attached hydrogens (tertiary/aromatic N) is 2. The topological polar surface area (TPSA) is 68.9 Å². The van der Waals surface area contributed by atoms with E-state index < -0.39 is 27.4 Å². The molecule has 1 heterocycles. The molecule has 0 spiro atoms. The van der Waals surface area contributed by atoms with Crippen LogP contribution in [0.3, 0.4) is 0 Å². The second-order valence-corrected chi connectivity index (χ2v) is 9.86. The molecule has 2 N–H and O–H groups in total. The van der Waals surface area contributed by atoms with Crippen molar-refractivity contribution in [2.75, 3.05) is 6.26 Å². The van der Waals surface area contributed by atoms with Crippen molar-refractivity contribution in [2.24, 2.45) is 5.14 Å². The van der Waals surface area contributed by atoms with Crippen LogP contribution in [0.5, 0.6) is 0 Å². The van der Waals surface area contributed by atoms with Gasteiger partial charge in [0.05, 0.1) is 25.9 Å². The number of thioether (sulfide) groups is 1. The first-order valence-electron chi connectivity index (χ1n) is 7.80. The van der Waals surface area contributed by atoms with Crippen molar-refractivity contribution in [1.82, 2.24) is 9.97 Å². The first kappa shape index (κ1) is 21.4. The standard InChI is InChI=1S/C17H20BrF2N3OS2/c1-17(2,26(21)24)8-11(4-10-5-12(19)7-13(20)6-10)15-14(18)9-22-16(23-15)25-3/h5-7,9,11H,4,8,21H2,1-3H3/t11-,26?/m1/s1. The van der Waals surface area contributed by atoms with Gasteiger partial charge in [-0.05, 0) is 66.6 Å². The number of rotatable bonds is 7. The molecule has 1 aromatic carbocycles. The molecule has 1 unspecified atom stereocenters. The van der Waals surface area contributed by atoms with E-state index in [2.05, 4.69) is 25.9 Å². The van der Waals surface area contributed by atoms with E-state index in [-0.39, 0.29) is 5.92 Å². The third-order valence-corrected chi connectivity index (χ3v) is 6.43. The van der Waals surface area contributed by atoms with Crippen molar-refractivity contribution in [1.29, 1.82) is 0 Å². The van der Waals surface area contributed by atoms with Gasteiger partial charge in [0, 0.05) is 18.2 Å². The molecule has 2 atom stereocenters. The van der Waals surface area contributed by atoms with E-state index in [1.54, 1.807) is 20.0 Å². The van der Waals surface area contributed by atoms with Gasteiger partial charge in [-0.1, -0.05) is 11.8 Å². The maximum absolute atomic E-state index is 13.6. The van der Waals surface area contributed by atoms with Crippen molar-refractivity contribution in [3.8, 4) is 0 Å². The monoisotopic (exact) mass is 463 g/mol. The van der Waals surface area contributed by atoms with E-state index in [4.69, 9.17) is 5.14 Å². The summed E-state index contributed by atoms with van der Waals surface area (Å²) in [6, 6.07) is 3.43. The minimum absolute atomic E-state index is 0.248. The molecule has 2 rings (SSSR count). The summed E-state index contributed by atoms with van der Waals surface area (Å²) >= 11 is 4.85. The van der Waals surface area contributed by atoms with E-state index in [0.29, 0.717) is 33.7 Å². The molecular formula is C17H20BrF2N3OS2. The summed E-state index contributed by atoms with van der Waals surface area (Å²) < 4.78 is 39.1. The fourth-order valence-corrected chi connectivity index (χ4v) is 3.93. The van der Waals surface area contributed by atoms with E-state index in [9.17, 15) is 13.0 Å². The molecule has 1 aromatic heterocycles. The fourth-order valence-electron chi connectivity index (χ4n) is 2.70. The first-order chi connectivity index (χ1) is 12.1. The van der Waals surface area contributed by atoms with Crippen LogP contribution in [0.4, 0.5) is 8.78 Å². The average molecular weight is 464 g/mol. The van der Waals surface area contributed by atoms with Crippen LogP contribution in [0.25, 0.3) is 0 Å². The van der Waals surface area contributed by atoms with E-state index in [0.717, 1.165) is 6.07 Å². The molecule has 0 aliphatic rings. The molecule has 0 amide bonds. The Hall–Kier alpha value is -0.900. The molecule has 0 bridgehead atoms. The lowest BCUT2D eigenvalue weighted by Crippen LogP contribution is -2.34. The lowest BCUT2D eigenvalue weighted by atomic mass is 9.87. The van der Waals surface area contributed by atoms with Gasteiger partial charge < -0.3 is 0 Å². The van der Waals surface area contributed by atoms with Gasteiger partial charge in [0.25, 0.3) is 0 Å². The largest absolute Gasteiger partial charge is 0.251 e. The maximum Gasteiger partial charge on any atom is 0.187 e. The number of nitrogens with two attached hydrogens (primary N) is 1. The van der Waals surface area contributed by atoms with Gasteiger partial charge in [0.15, 0.2) is 5.16 Å². The SMILES string of the molecule is CSc1ncc(Br)c([C@H](Cc2cc(F)cc(F)c2)CC(C)(C)S(N)=O)n1. The van der Waals surface area contributed by atoms with Crippen molar-refractivity contribution in [2.45, 2.75) is 42.5 Å². The van der Waals surface area contributed by atoms with Crippen LogP contribution in [-0.2, 0) is 17.4 Å². The van der Waals surface area contributed by atoms with Crippen LogP contribution >= 0.6 is 27.7 Å². The van der Waals surface area contributed by atoms with Crippen molar-refractivity contribution in [3.63, 3.8) is 0 Å². The van der Waals surface area contributed by atoms with Crippen LogP contribution in [0.1, 0.15) is 37.4 Å². The molecule has 0 aliphatic carbocycles. The Kier molecular flexibility index (Phi) is 7.29. The summed E-state index contributed by atoms with van der Waals surface area (Å²) in [6.45, 7) is 3.60. The zero-order chi connectivity index (χ0) is 19.5. The van der Waals surface area contributed by atoms with Crippen LogP contribution < -0.4 is 5.14 Å². The Morgan fingerprint density at radius 1 is 1.31 bits per heavy atom. The van der Waals surface area contributed by atoms with Crippen LogP contribution in [0.15, 0.2) is 34.0 Å². The van der Waals surface area contributed by atoms with Crippen LogP contribution in [-0.4, -0.2) is 25.2 Å². The third kappa shape index (κ3) is 5.55. The van der Waals surface area contributed by atoms with Gasteiger partial charge >= 0.3 is 0 Å². The number of hydrogen-bond donors (Lipinski definition) is 1. The fraction of sp³-hybridized carbons (Fsp3) is 0.412. The molecular weight excluding hydrogens is 444 g/mol. The number of halogens is 3. The van der Waals surface area contributed by atoms with Crippen molar-refractivity contribution in [3.05, 3.63) is 51.8 Å². The summed E-state index contributed by atoms with van der Waals surface area (Å²) in [4.78, 5) is 8.76. The number of benzene rings is 1. The summed E-state index contributed by atoms with van der Waals surface area (Å²) in [7, 11) is -1.56. The molecule has 26 heavy (non-hydrogen) atoms. The quantitative estimate of drug-likeness (QED) is 0.489. The molecule has 0 aliphatic heterocycles. The molecule has 0 saturated carbocycles. The second kappa shape index (κ2) is 8.86. The molecule has 0 radical (unpaired) electrons. The predicted molar refractivity (Wildman–Crippen MR) is 105 cm³/mol.